The summed E-state index contributed by atoms with van der Waals surface area (Å²) in [5.74, 6) is 2.05. The van der Waals surface area contributed by atoms with Gasteiger partial charge in [-0.05, 0) is 58.1 Å². The summed E-state index contributed by atoms with van der Waals surface area (Å²) in [5.41, 5.74) is 1.97. The number of piperidine rings is 2. The van der Waals surface area contributed by atoms with Crippen molar-refractivity contribution in [3.05, 3.63) is 60.1 Å². The smallest absolute Gasteiger partial charge is 0.309 e. The molecule has 0 N–H and O–H groups in total. The fourth-order valence-electron chi connectivity index (χ4n) is 5.26. The summed E-state index contributed by atoms with van der Waals surface area (Å²) in [7, 11) is 0. The monoisotopic (exact) mass is 548 g/mol. The van der Waals surface area contributed by atoms with Crippen molar-refractivity contribution in [1.82, 2.24) is 14.9 Å². The van der Waals surface area contributed by atoms with Gasteiger partial charge in [-0.25, -0.2) is 9.97 Å². The van der Waals surface area contributed by atoms with Crippen molar-refractivity contribution < 1.29 is 18.7 Å². The highest BCUT2D eigenvalue weighted by Crippen LogP contribution is 2.31. The molecule has 2 aromatic heterocycles. The molecule has 2 fully saturated rings. The molecule has 9 heteroatoms. The molecule has 2 aliphatic rings. The fraction of sp³-hybridized carbons (Fsp3) is 0.467. The Bertz CT molecular complexity index is 1270. The zero-order chi connectivity index (χ0) is 27.2. The Morgan fingerprint density at radius 3 is 2.56 bits per heavy atom. The molecule has 2 aliphatic heterocycles. The van der Waals surface area contributed by atoms with Crippen LogP contribution >= 0.6 is 11.8 Å². The number of amides is 1. The molecule has 1 unspecified atom stereocenters. The predicted octanol–water partition coefficient (Wildman–Crippen LogP) is 5.82. The van der Waals surface area contributed by atoms with Gasteiger partial charge in [-0.2, -0.15) is 0 Å². The quantitative estimate of drug-likeness (QED) is 0.198. The van der Waals surface area contributed by atoms with E-state index in [-0.39, 0.29) is 17.8 Å². The normalized spacial score (nSPS) is 18.3. The van der Waals surface area contributed by atoms with Crippen LogP contribution in [-0.4, -0.2) is 59.0 Å². The van der Waals surface area contributed by atoms with E-state index in [4.69, 9.17) is 19.1 Å². The van der Waals surface area contributed by atoms with Gasteiger partial charge in [-0.1, -0.05) is 42.1 Å². The third-order valence-corrected chi connectivity index (χ3v) is 8.35. The first-order valence-electron chi connectivity index (χ1n) is 13.9. The van der Waals surface area contributed by atoms with Crippen molar-refractivity contribution in [2.75, 3.05) is 31.1 Å². The molecule has 0 aliphatic carbocycles. The van der Waals surface area contributed by atoms with Gasteiger partial charge in [-0.3, -0.25) is 9.59 Å². The molecular formula is C30H36N4O4S. The maximum atomic E-state index is 13.0. The van der Waals surface area contributed by atoms with Gasteiger partial charge in [0, 0.05) is 37.3 Å². The zero-order valence-electron chi connectivity index (χ0n) is 22.7. The number of aromatic nitrogens is 2. The number of furan rings is 1. The summed E-state index contributed by atoms with van der Waals surface area (Å²) in [6.45, 7) is 6.49. The lowest BCUT2D eigenvalue weighted by Crippen LogP contribution is -2.40. The second-order valence-corrected chi connectivity index (χ2v) is 11.1. The number of carbonyl (C=O) groups excluding carboxylic acids is 2. The molecule has 39 heavy (non-hydrogen) atoms. The number of benzene rings is 1. The van der Waals surface area contributed by atoms with Crippen LogP contribution in [-0.2, 0) is 15.3 Å². The Morgan fingerprint density at radius 1 is 1.03 bits per heavy atom. The number of thioether (sulfide) groups is 1. The van der Waals surface area contributed by atoms with Crippen LogP contribution in [0.5, 0.6) is 0 Å². The van der Waals surface area contributed by atoms with Gasteiger partial charge in [0.15, 0.2) is 10.9 Å². The highest BCUT2D eigenvalue weighted by Gasteiger charge is 2.30. The third kappa shape index (κ3) is 6.64. The van der Waals surface area contributed by atoms with Crippen molar-refractivity contribution in [2.24, 2.45) is 5.92 Å². The Labute approximate surface area is 234 Å². The molecule has 8 nitrogen and oxygen atoms in total. The lowest BCUT2D eigenvalue weighted by Gasteiger charge is -2.34. The molecule has 3 aromatic rings. The predicted molar refractivity (Wildman–Crippen MR) is 152 cm³/mol. The van der Waals surface area contributed by atoms with Crippen LogP contribution in [0.2, 0.25) is 0 Å². The first-order valence-corrected chi connectivity index (χ1v) is 14.9. The number of carbonyl (C=O) groups is 2. The second kappa shape index (κ2) is 12.7. The molecule has 5 rings (SSSR count). The topological polar surface area (TPSA) is 88.8 Å². The van der Waals surface area contributed by atoms with E-state index in [1.54, 1.807) is 11.0 Å². The van der Waals surface area contributed by atoms with Gasteiger partial charge in [0.25, 0.3) is 5.91 Å². The number of hydrogen-bond donors (Lipinski definition) is 0. The van der Waals surface area contributed by atoms with Crippen molar-refractivity contribution in [3.8, 4) is 11.3 Å². The summed E-state index contributed by atoms with van der Waals surface area (Å²) < 4.78 is 11.1. The molecule has 2 saturated heterocycles. The molecular weight excluding hydrogens is 512 g/mol. The number of anilines is 1. The van der Waals surface area contributed by atoms with Crippen LogP contribution in [0.15, 0.2) is 58.1 Å². The summed E-state index contributed by atoms with van der Waals surface area (Å²) in [6, 6.07) is 16.3. The molecule has 1 amide bonds. The van der Waals surface area contributed by atoms with E-state index in [0.29, 0.717) is 61.0 Å². The Kier molecular flexibility index (Phi) is 8.86. The van der Waals surface area contributed by atoms with Crippen LogP contribution < -0.4 is 4.90 Å². The van der Waals surface area contributed by atoms with E-state index in [2.05, 4.69) is 30.0 Å². The summed E-state index contributed by atoms with van der Waals surface area (Å²) in [5, 5.41) is 0.689. The molecule has 0 bridgehead atoms. The molecule has 4 heterocycles. The number of hydrogen-bond acceptors (Lipinski definition) is 8. The minimum absolute atomic E-state index is 0.137. The molecule has 0 spiro atoms. The molecule has 1 atom stereocenters. The van der Waals surface area contributed by atoms with E-state index in [1.165, 1.54) is 24.6 Å². The lowest BCUT2D eigenvalue weighted by atomic mass is 9.97. The van der Waals surface area contributed by atoms with Gasteiger partial charge in [0.05, 0.1) is 24.0 Å². The van der Waals surface area contributed by atoms with Crippen LogP contribution in [0.1, 0.15) is 62.3 Å². The largest absolute Gasteiger partial charge is 0.466 e. The summed E-state index contributed by atoms with van der Waals surface area (Å²) in [6.07, 6.45) is 4.80. The maximum Gasteiger partial charge on any atom is 0.309 e. The van der Waals surface area contributed by atoms with E-state index < -0.39 is 0 Å². The van der Waals surface area contributed by atoms with Crippen LogP contribution in [0.25, 0.3) is 11.3 Å². The number of esters is 1. The number of rotatable bonds is 8. The molecule has 206 valence electrons. The van der Waals surface area contributed by atoms with E-state index in [9.17, 15) is 9.59 Å². The standard InChI is InChI=1S/C30H36N4O4S/c1-3-37-29(36)23-14-17-33(18-15-23)28(35)26-13-12-24(38-26)20-39-30-31-25(22-10-5-4-6-11-22)19-27(32-30)34-16-8-7-9-21(34)2/h4-6,10-13,19,21,23H,3,7-9,14-18,20H2,1-2H3. The van der Waals surface area contributed by atoms with Crippen LogP contribution in [0, 0.1) is 5.92 Å². The fourth-order valence-corrected chi connectivity index (χ4v) is 6.01. The Balaban J connectivity index is 1.26. The highest BCUT2D eigenvalue weighted by atomic mass is 32.2. The van der Waals surface area contributed by atoms with Crippen LogP contribution in [0.3, 0.4) is 0 Å². The maximum absolute atomic E-state index is 13.0. The van der Waals surface area contributed by atoms with Crippen molar-refractivity contribution in [2.45, 2.75) is 62.9 Å². The van der Waals surface area contributed by atoms with Crippen LogP contribution in [0.4, 0.5) is 5.82 Å². The van der Waals surface area contributed by atoms with Gasteiger partial charge in [0.2, 0.25) is 0 Å². The second-order valence-electron chi connectivity index (χ2n) is 10.2. The van der Waals surface area contributed by atoms with E-state index in [1.807, 2.05) is 31.2 Å². The Hall–Kier alpha value is -3.33. The number of ether oxygens (including phenoxy) is 1. The van der Waals surface area contributed by atoms with E-state index in [0.717, 1.165) is 30.0 Å². The first-order chi connectivity index (χ1) is 19.0. The highest BCUT2D eigenvalue weighted by molar-refractivity contribution is 7.98. The van der Waals surface area contributed by atoms with Gasteiger partial charge in [0.1, 0.15) is 11.6 Å². The summed E-state index contributed by atoms with van der Waals surface area (Å²) >= 11 is 1.51. The van der Waals surface area contributed by atoms with E-state index >= 15 is 0 Å². The number of likely N-dealkylation sites (tertiary alicyclic amines) is 1. The average molecular weight is 549 g/mol. The van der Waals surface area contributed by atoms with Crippen molar-refractivity contribution >= 4 is 29.5 Å². The zero-order valence-corrected chi connectivity index (χ0v) is 23.5. The van der Waals surface area contributed by atoms with Gasteiger partial charge < -0.3 is 19.0 Å². The minimum atomic E-state index is -0.168. The number of nitrogens with zero attached hydrogens (tertiary/aromatic N) is 4. The van der Waals surface area contributed by atoms with Gasteiger partial charge >= 0.3 is 5.97 Å². The lowest BCUT2D eigenvalue weighted by molar-refractivity contribution is -0.149. The average Bonchev–Trinajstić information content (AvgIpc) is 3.46. The van der Waals surface area contributed by atoms with Gasteiger partial charge in [-0.15, -0.1) is 0 Å². The molecule has 0 saturated carbocycles. The van der Waals surface area contributed by atoms with Crippen molar-refractivity contribution in [3.63, 3.8) is 0 Å². The first kappa shape index (κ1) is 27.2. The van der Waals surface area contributed by atoms with Crippen molar-refractivity contribution in [1.29, 1.82) is 0 Å². The Morgan fingerprint density at radius 2 is 1.82 bits per heavy atom. The minimum Gasteiger partial charge on any atom is -0.466 e. The molecule has 1 aromatic carbocycles. The third-order valence-electron chi connectivity index (χ3n) is 7.48. The molecule has 0 radical (unpaired) electrons. The SMILES string of the molecule is CCOC(=O)C1CCN(C(=O)c2ccc(CSc3nc(-c4ccccc4)cc(N4CCCCC4C)n3)o2)CC1. The summed E-state index contributed by atoms with van der Waals surface area (Å²) in [4.78, 5) is 38.9.